The largest absolute Gasteiger partial charge is 0.378 e. The second kappa shape index (κ2) is 7.46. The van der Waals surface area contributed by atoms with Gasteiger partial charge < -0.3 is 10.1 Å². The highest BCUT2D eigenvalue weighted by Crippen LogP contribution is 2.18. The Morgan fingerprint density at radius 3 is 2.68 bits per heavy atom. The van der Waals surface area contributed by atoms with Crippen LogP contribution in [0.4, 0.5) is 5.69 Å². The number of ether oxygens (including phenoxy) is 1. The van der Waals surface area contributed by atoms with Gasteiger partial charge in [-0.3, -0.25) is 4.79 Å². The van der Waals surface area contributed by atoms with Gasteiger partial charge in [-0.15, -0.1) is 5.10 Å². The number of nitrogens with one attached hydrogen (secondary N) is 1. The second-order valence-corrected chi connectivity index (χ2v) is 5.97. The maximum Gasteiger partial charge on any atom is 0.278 e. The van der Waals surface area contributed by atoms with Crippen LogP contribution in [0.25, 0.3) is 5.69 Å². The zero-order valence-electron chi connectivity index (χ0n) is 13.9. The third-order valence-corrected chi connectivity index (χ3v) is 3.86. The summed E-state index contributed by atoms with van der Waals surface area (Å²) in [6.45, 7) is 2.16. The first-order valence-electron chi connectivity index (χ1n) is 7.66. The molecule has 0 spiro atoms. The summed E-state index contributed by atoms with van der Waals surface area (Å²) >= 11 is 5.92. The molecule has 1 heterocycles. The predicted molar refractivity (Wildman–Crippen MR) is 96.2 cm³/mol. The Morgan fingerprint density at radius 2 is 2.00 bits per heavy atom. The van der Waals surface area contributed by atoms with Crippen molar-refractivity contribution in [2.45, 2.75) is 13.5 Å². The molecule has 0 saturated heterocycles. The lowest BCUT2D eigenvalue weighted by Crippen LogP contribution is -2.16. The number of aromatic nitrogens is 3. The molecule has 1 N–H and O–H groups in total. The molecular weight excluding hydrogens is 340 g/mol. The van der Waals surface area contributed by atoms with Gasteiger partial charge in [-0.05, 0) is 48.9 Å². The molecule has 0 unspecified atom stereocenters. The van der Waals surface area contributed by atoms with Crippen molar-refractivity contribution in [2.24, 2.45) is 0 Å². The SMILES string of the molecule is COCc1c(C(=O)Nc2cccc(C)c2)nnn1-c1ccc(Cl)cc1. The quantitative estimate of drug-likeness (QED) is 0.758. The fourth-order valence-electron chi connectivity index (χ4n) is 2.45. The predicted octanol–water partition coefficient (Wildman–Crippen LogP) is 3.63. The summed E-state index contributed by atoms with van der Waals surface area (Å²) in [6.07, 6.45) is 0. The lowest BCUT2D eigenvalue weighted by molar-refractivity contribution is 0.101. The van der Waals surface area contributed by atoms with E-state index < -0.39 is 0 Å². The van der Waals surface area contributed by atoms with Gasteiger partial charge in [0.15, 0.2) is 5.69 Å². The molecule has 3 aromatic rings. The number of aryl methyl sites for hydroxylation is 1. The van der Waals surface area contributed by atoms with Crippen molar-refractivity contribution in [1.29, 1.82) is 0 Å². The molecule has 25 heavy (non-hydrogen) atoms. The van der Waals surface area contributed by atoms with Gasteiger partial charge in [0.25, 0.3) is 5.91 Å². The van der Waals surface area contributed by atoms with Crippen LogP contribution < -0.4 is 5.32 Å². The van der Waals surface area contributed by atoms with Gasteiger partial charge >= 0.3 is 0 Å². The van der Waals surface area contributed by atoms with Crippen LogP contribution in [0.3, 0.4) is 0 Å². The molecule has 0 radical (unpaired) electrons. The maximum absolute atomic E-state index is 12.6. The number of anilines is 1. The standard InChI is InChI=1S/C18H17ClN4O2/c1-12-4-3-5-14(10-12)20-18(24)17-16(11-25-2)23(22-21-17)15-8-6-13(19)7-9-15/h3-10H,11H2,1-2H3,(H,20,24). The summed E-state index contributed by atoms with van der Waals surface area (Å²) in [6, 6.07) is 14.7. The first-order valence-corrected chi connectivity index (χ1v) is 8.04. The number of hydrogen-bond donors (Lipinski definition) is 1. The lowest BCUT2D eigenvalue weighted by Gasteiger charge is -2.08. The first kappa shape index (κ1) is 17.1. The number of hydrogen-bond acceptors (Lipinski definition) is 4. The number of carbonyl (C=O) groups is 1. The van der Waals surface area contributed by atoms with Crippen LogP contribution in [0.15, 0.2) is 48.5 Å². The molecule has 6 nitrogen and oxygen atoms in total. The van der Waals surface area contributed by atoms with Crippen molar-refractivity contribution in [3.63, 3.8) is 0 Å². The van der Waals surface area contributed by atoms with E-state index in [1.54, 1.807) is 36.1 Å². The average molecular weight is 357 g/mol. The lowest BCUT2D eigenvalue weighted by atomic mass is 10.2. The molecule has 1 aromatic heterocycles. The van der Waals surface area contributed by atoms with E-state index in [0.717, 1.165) is 11.3 Å². The summed E-state index contributed by atoms with van der Waals surface area (Å²) in [5.41, 5.74) is 3.29. The summed E-state index contributed by atoms with van der Waals surface area (Å²) in [4.78, 5) is 12.6. The van der Waals surface area contributed by atoms with Crippen molar-refractivity contribution in [1.82, 2.24) is 15.0 Å². The van der Waals surface area contributed by atoms with Crippen LogP contribution in [0.2, 0.25) is 5.02 Å². The second-order valence-electron chi connectivity index (χ2n) is 5.53. The van der Waals surface area contributed by atoms with Crippen LogP contribution in [0, 0.1) is 6.92 Å². The van der Waals surface area contributed by atoms with Crippen LogP contribution >= 0.6 is 11.6 Å². The molecule has 0 atom stereocenters. The van der Waals surface area contributed by atoms with E-state index in [2.05, 4.69) is 15.6 Å². The van der Waals surface area contributed by atoms with Crippen LogP contribution in [-0.4, -0.2) is 28.0 Å². The van der Waals surface area contributed by atoms with Gasteiger partial charge in [-0.1, -0.05) is 28.9 Å². The van der Waals surface area contributed by atoms with Crippen molar-refractivity contribution in [3.8, 4) is 5.69 Å². The van der Waals surface area contributed by atoms with Gasteiger partial charge in [-0.25, -0.2) is 4.68 Å². The van der Waals surface area contributed by atoms with E-state index in [1.807, 2.05) is 31.2 Å². The van der Waals surface area contributed by atoms with Crippen molar-refractivity contribution >= 4 is 23.2 Å². The third-order valence-electron chi connectivity index (χ3n) is 3.61. The minimum Gasteiger partial charge on any atom is -0.378 e. The van der Waals surface area contributed by atoms with Gasteiger partial charge in [0.2, 0.25) is 0 Å². The van der Waals surface area contributed by atoms with Crippen molar-refractivity contribution in [3.05, 3.63) is 70.5 Å². The van der Waals surface area contributed by atoms with Gasteiger partial charge in [0.1, 0.15) is 5.69 Å². The zero-order chi connectivity index (χ0) is 17.8. The van der Waals surface area contributed by atoms with Gasteiger partial charge in [-0.2, -0.15) is 0 Å². The molecule has 0 bridgehead atoms. The van der Waals surface area contributed by atoms with E-state index in [9.17, 15) is 4.79 Å². The molecule has 128 valence electrons. The van der Waals surface area contributed by atoms with Crippen molar-refractivity contribution in [2.75, 3.05) is 12.4 Å². The highest BCUT2D eigenvalue weighted by atomic mass is 35.5. The Bertz CT molecular complexity index is 890. The minimum atomic E-state index is -0.335. The minimum absolute atomic E-state index is 0.201. The highest BCUT2D eigenvalue weighted by Gasteiger charge is 2.20. The summed E-state index contributed by atoms with van der Waals surface area (Å²) in [7, 11) is 1.56. The topological polar surface area (TPSA) is 69.0 Å². The number of rotatable bonds is 5. The van der Waals surface area contributed by atoms with Crippen LogP contribution in [0.1, 0.15) is 21.7 Å². The van der Waals surface area contributed by atoms with E-state index in [1.165, 1.54) is 0 Å². The number of halogens is 1. The Balaban J connectivity index is 1.93. The third kappa shape index (κ3) is 3.87. The molecule has 0 aliphatic carbocycles. The smallest absolute Gasteiger partial charge is 0.278 e. The molecule has 0 aliphatic rings. The van der Waals surface area contributed by atoms with Crippen LogP contribution in [-0.2, 0) is 11.3 Å². The average Bonchev–Trinajstić information content (AvgIpc) is 3.00. The molecule has 7 heteroatoms. The Morgan fingerprint density at radius 1 is 1.24 bits per heavy atom. The van der Waals surface area contributed by atoms with Crippen LogP contribution in [0.5, 0.6) is 0 Å². The van der Waals surface area contributed by atoms with E-state index in [0.29, 0.717) is 16.4 Å². The number of methoxy groups -OCH3 is 1. The Kier molecular flexibility index (Phi) is 5.11. The Labute approximate surface area is 150 Å². The number of benzene rings is 2. The van der Waals surface area contributed by atoms with Gasteiger partial charge in [0, 0.05) is 17.8 Å². The van der Waals surface area contributed by atoms with E-state index in [4.69, 9.17) is 16.3 Å². The molecule has 3 rings (SSSR count). The summed E-state index contributed by atoms with van der Waals surface area (Å²) in [5, 5.41) is 11.6. The molecule has 0 aliphatic heterocycles. The fraction of sp³-hybridized carbons (Fsp3) is 0.167. The number of carbonyl (C=O) groups excluding carboxylic acids is 1. The van der Waals surface area contributed by atoms with E-state index >= 15 is 0 Å². The Hall–Kier alpha value is -2.70. The zero-order valence-corrected chi connectivity index (χ0v) is 14.6. The molecule has 0 saturated carbocycles. The number of amides is 1. The monoisotopic (exact) mass is 356 g/mol. The molecular formula is C18H17ClN4O2. The van der Waals surface area contributed by atoms with E-state index in [-0.39, 0.29) is 18.2 Å². The molecule has 0 fully saturated rings. The fourth-order valence-corrected chi connectivity index (χ4v) is 2.57. The molecule has 2 aromatic carbocycles. The van der Waals surface area contributed by atoms with Crippen molar-refractivity contribution < 1.29 is 9.53 Å². The number of nitrogens with zero attached hydrogens (tertiary/aromatic N) is 3. The highest BCUT2D eigenvalue weighted by molar-refractivity contribution is 6.30. The normalized spacial score (nSPS) is 10.7. The first-order chi connectivity index (χ1) is 12.1. The molecule has 1 amide bonds. The van der Waals surface area contributed by atoms with Gasteiger partial charge in [0.05, 0.1) is 12.3 Å². The summed E-state index contributed by atoms with van der Waals surface area (Å²) in [5.74, 6) is -0.335. The summed E-state index contributed by atoms with van der Waals surface area (Å²) < 4.78 is 6.80. The maximum atomic E-state index is 12.6.